The summed E-state index contributed by atoms with van der Waals surface area (Å²) in [4.78, 5) is 26.4. The van der Waals surface area contributed by atoms with Gasteiger partial charge >= 0.3 is 0 Å². The van der Waals surface area contributed by atoms with E-state index in [2.05, 4.69) is 17.6 Å². The smallest absolute Gasteiger partial charge is 0.225 e. The van der Waals surface area contributed by atoms with E-state index in [1.165, 1.54) is 0 Å². The van der Waals surface area contributed by atoms with Crippen LogP contribution in [0.2, 0.25) is 0 Å². The first-order valence-corrected chi connectivity index (χ1v) is 8.44. The number of nitrogens with one attached hydrogen (secondary N) is 2. The monoisotopic (exact) mass is 353 g/mol. The molecule has 2 rings (SSSR count). The average molecular weight is 354 g/mol. The predicted molar refractivity (Wildman–Crippen MR) is 98.1 cm³/mol. The molecule has 0 aliphatic carbocycles. The summed E-state index contributed by atoms with van der Waals surface area (Å²) in [5, 5.41) is 6.28. The molecule has 1 aromatic carbocycles. The van der Waals surface area contributed by atoms with Gasteiger partial charge in [-0.1, -0.05) is 37.3 Å². The Bertz CT molecular complexity index is 524. The Morgan fingerprint density at radius 1 is 1.21 bits per heavy atom. The standard InChI is InChI=1S/C18H27N3O2.ClH/c1-3-11-19-12-13-20-18(23)15-9-10-16(22)21(2)17(15)14-7-5-4-6-8-14;/h4-8,15,17,19H,3,9-13H2,1-2H3,(H,20,23);1H. The number of benzene rings is 1. The summed E-state index contributed by atoms with van der Waals surface area (Å²) in [6, 6.07) is 9.65. The van der Waals surface area contributed by atoms with Crippen molar-refractivity contribution in [3.05, 3.63) is 35.9 Å². The summed E-state index contributed by atoms with van der Waals surface area (Å²) in [6.45, 7) is 4.47. The number of piperidine rings is 1. The van der Waals surface area contributed by atoms with Crippen LogP contribution in [0.15, 0.2) is 30.3 Å². The molecule has 0 radical (unpaired) electrons. The number of carbonyl (C=O) groups excluding carboxylic acids is 2. The van der Waals surface area contributed by atoms with E-state index in [0.29, 0.717) is 19.4 Å². The van der Waals surface area contributed by atoms with Crippen LogP contribution in [0.4, 0.5) is 0 Å². The number of halogens is 1. The lowest BCUT2D eigenvalue weighted by Gasteiger charge is -2.38. The highest BCUT2D eigenvalue weighted by atomic mass is 35.5. The van der Waals surface area contributed by atoms with Crippen molar-refractivity contribution in [2.45, 2.75) is 32.2 Å². The molecule has 5 nitrogen and oxygen atoms in total. The normalized spacial score (nSPS) is 20.4. The summed E-state index contributed by atoms with van der Waals surface area (Å²) in [7, 11) is 1.79. The topological polar surface area (TPSA) is 61.4 Å². The molecule has 1 aromatic rings. The third-order valence-corrected chi connectivity index (χ3v) is 4.37. The number of likely N-dealkylation sites (tertiary alicyclic amines) is 1. The van der Waals surface area contributed by atoms with Crippen molar-refractivity contribution in [1.82, 2.24) is 15.5 Å². The zero-order valence-electron chi connectivity index (χ0n) is 14.5. The number of nitrogens with zero attached hydrogens (tertiary/aromatic N) is 1. The number of amides is 2. The van der Waals surface area contributed by atoms with Gasteiger partial charge in [0.15, 0.2) is 0 Å². The van der Waals surface area contributed by atoms with Gasteiger partial charge in [-0.2, -0.15) is 0 Å². The van der Waals surface area contributed by atoms with Crippen molar-refractivity contribution >= 4 is 24.2 Å². The Labute approximate surface area is 150 Å². The molecule has 1 aliphatic heterocycles. The van der Waals surface area contributed by atoms with Gasteiger partial charge in [0, 0.05) is 26.6 Å². The SMILES string of the molecule is CCCNCCNC(=O)C1CCC(=O)N(C)C1c1ccccc1.Cl. The van der Waals surface area contributed by atoms with Crippen LogP contribution in [0.5, 0.6) is 0 Å². The third kappa shape index (κ3) is 5.21. The van der Waals surface area contributed by atoms with E-state index >= 15 is 0 Å². The number of rotatable bonds is 7. The Morgan fingerprint density at radius 2 is 1.92 bits per heavy atom. The lowest BCUT2D eigenvalue weighted by Crippen LogP contribution is -2.47. The van der Waals surface area contributed by atoms with Crippen LogP contribution < -0.4 is 10.6 Å². The molecular formula is C18H28ClN3O2. The predicted octanol–water partition coefficient (Wildman–Crippen LogP) is 2.13. The summed E-state index contributed by atoms with van der Waals surface area (Å²) < 4.78 is 0. The lowest BCUT2D eigenvalue weighted by atomic mass is 9.84. The Balaban J connectivity index is 0.00000288. The van der Waals surface area contributed by atoms with Gasteiger partial charge < -0.3 is 15.5 Å². The molecule has 0 aromatic heterocycles. The van der Waals surface area contributed by atoms with Crippen molar-refractivity contribution in [3.8, 4) is 0 Å². The zero-order valence-corrected chi connectivity index (χ0v) is 15.3. The molecule has 1 aliphatic rings. The molecule has 1 heterocycles. The zero-order chi connectivity index (χ0) is 16.7. The first-order chi connectivity index (χ1) is 11.1. The van der Waals surface area contributed by atoms with Crippen molar-refractivity contribution in [2.24, 2.45) is 5.92 Å². The third-order valence-electron chi connectivity index (χ3n) is 4.37. The largest absolute Gasteiger partial charge is 0.355 e. The van der Waals surface area contributed by atoms with Crippen LogP contribution in [0.3, 0.4) is 0 Å². The number of carbonyl (C=O) groups is 2. The van der Waals surface area contributed by atoms with Gasteiger partial charge in [0.05, 0.1) is 12.0 Å². The molecule has 24 heavy (non-hydrogen) atoms. The fourth-order valence-electron chi connectivity index (χ4n) is 3.13. The van der Waals surface area contributed by atoms with Crippen LogP contribution in [0, 0.1) is 5.92 Å². The fourth-order valence-corrected chi connectivity index (χ4v) is 3.13. The van der Waals surface area contributed by atoms with Crippen molar-refractivity contribution in [2.75, 3.05) is 26.7 Å². The maximum Gasteiger partial charge on any atom is 0.225 e. The first-order valence-electron chi connectivity index (χ1n) is 8.44. The maximum absolute atomic E-state index is 12.6. The second-order valence-electron chi connectivity index (χ2n) is 6.05. The van der Waals surface area contributed by atoms with Crippen LogP contribution in [-0.2, 0) is 9.59 Å². The van der Waals surface area contributed by atoms with E-state index in [9.17, 15) is 9.59 Å². The van der Waals surface area contributed by atoms with Gasteiger partial charge in [-0.25, -0.2) is 0 Å². The summed E-state index contributed by atoms with van der Waals surface area (Å²) in [5.41, 5.74) is 1.02. The molecule has 1 saturated heterocycles. The molecule has 6 heteroatoms. The molecule has 2 atom stereocenters. The Morgan fingerprint density at radius 3 is 2.58 bits per heavy atom. The van der Waals surface area contributed by atoms with Crippen molar-refractivity contribution in [1.29, 1.82) is 0 Å². The van der Waals surface area contributed by atoms with Crippen LogP contribution in [0.25, 0.3) is 0 Å². The van der Waals surface area contributed by atoms with E-state index in [1.807, 2.05) is 30.3 Å². The van der Waals surface area contributed by atoms with E-state index in [4.69, 9.17) is 0 Å². The van der Waals surface area contributed by atoms with Gasteiger partial charge in [0.2, 0.25) is 11.8 Å². The highest BCUT2D eigenvalue weighted by molar-refractivity contribution is 5.85. The Kier molecular flexibility index (Phi) is 8.79. The number of hydrogen-bond donors (Lipinski definition) is 2. The second kappa shape index (κ2) is 10.3. The molecule has 2 amide bonds. The van der Waals surface area contributed by atoms with Gasteiger partial charge in [-0.05, 0) is 24.9 Å². The lowest BCUT2D eigenvalue weighted by molar-refractivity contribution is -0.141. The highest BCUT2D eigenvalue weighted by Gasteiger charge is 2.38. The number of hydrogen-bond acceptors (Lipinski definition) is 3. The van der Waals surface area contributed by atoms with Gasteiger partial charge in [0.1, 0.15) is 0 Å². The van der Waals surface area contributed by atoms with Crippen LogP contribution >= 0.6 is 12.4 Å². The van der Waals surface area contributed by atoms with Crippen molar-refractivity contribution < 1.29 is 9.59 Å². The average Bonchev–Trinajstić information content (AvgIpc) is 2.57. The highest BCUT2D eigenvalue weighted by Crippen LogP contribution is 2.35. The summed E-state index contributed by atoms with van der Waals surface area (Å²) in [6.07, 6.45) is 2.13. The molecule has 0 saturated carbocycles. The quantitative estimate of drug-likeness (QED) is 0.738. The minimum Gasteiger partial charge on any atom is -0.355 e. The summed E-state index contributed by atoms with van der Waals surface area (Å²) in [5.74, 6) is -0.0460. The minimum absolute atomic E-state index is 0. The van der Waals surface area contributed by atoms with Gasteiger partial charge in [-0.15, -0.1) is 12.4 Å². The van der Waals surface area contributed by atoms with Crippen LogP contribution in [-0.4, -0.2) is 43.4 Å². The van der Waals surface area contributed by atoms with Crippen molar-refractivity contribution in [3.63, 3.8) is 0 Å². The molecular weight excluding hydrogens is 326 g/mol. The Hall–Kier alpha value is -1.59. The molecule has 1 fully saturated rings. The van der Waals surface area contributed by atoms with Gasteiger partial charge in [0.25, 0.3) is 0 Å². The van der Waals surface area contributed by atoms with E-state index < -0.39 is 0 Å². The second-order valence-corrected chi connectivity index (χ2v) is 6.05. The van der Waals surface area contributed by atoms with Crippen LogP contribution in [0.1, 0.15) is 37.8 Å². The van der Waals surface area contributed by atoms with Gasteiger partial charge in [-0.3, -0.25) is 9.59 Å². The van der Waals surface area contributed by atoms with E-state index in [1.54, 1.807) is 11.9 Å². The maximum atomic E-state index is 12.6. The molecule has 2 N–H and O–H groups in total. The van der Waals surface area contributed by atoms with E-state index in [0.717, 1.165) is 25.1 Å². The van der Waals surface area contributed by atoms with E-state index in [-0.39, 0.29) is 36.2 Å². The fraction of sp³-hybridized carbons (Fsp3) is 0.556. The molecule has 0 bridgehead atoms. The molecule has 0 spiro atoms. The first kappa shape index (κ1) is 20.5. The summed E-state index contributed by atoms with van der Waals surface area (Å²) >= 11 is 0. The molecule has 2 unspecified atom stereocenters. The minimum atomic E-state index is -0.189. The molecule has 134 valence electrons.